The topological polar surface area (TPSA) is 109 Å². The number of hydroxylamine groups is 1. The van der Waals surface area contributed by atoms with E-state index in [1.54, 1.807) is 37.7 Å². The molecule has 0 fully saturated rings. The van der Waals surface area contributed by atoms with E-state index in [-0.39, 0.29) is 17.5 Å². The summed E-state index contributed by atoms with van der Waals surface area (Å²) in [5.41, 5.74) is 2.17. The second kappa shape index (κ2) is 9.83. The van der Waals surface area contributed by atoms with Crippen molar-refractivity contribution in [3.63, 3.8) is 0 Å². The first kappa shape index (κ1) is 22.1. The first-order valence-corrected chi connectivity index (χ1v) is 10.4. The fraction of sp³-hybridized carbons (Fsp3) is 0.333. The summed E-state index contributed by atoms with van der Waals surface area (Å²) in [6.45, 7) is 3.30. The normalized spacial score (nSPS) is 12.8. The molecule has 1 atom stereocenters. The Balaban J connectivity index is 2.50. The van der Waals surface area contributed by atoms with Crippen molar-refractivity contribution in [2.24, 2.45) is 5.92 Å². The van der Waals surface area contributed by atoms with Crippen LogP contribution in [0.25, 0.3) is 0 Å². The number of pyridine rings is 1. The fourth-order valence-electron chi connectivity index (χ4n) is 2.74. The van der Waals surface area contributed by atoms with Crippen molar-refractivity contribution in [2.75, 3.05) is 6.07 Å². The number of hydrogen-bond donors (Lipinski definition) is 2. The third kappa shape index (κ3) is 5.20. The maximum absolute atomic E-state index is 13.3. The van der Waals surface area contributed by atoms with E-state index in [2.05, 4.69) is 4.98 Å². The number of hydrogen-bond acceptors (Lipinski definition) is 6. The van der Waals surface area contributed by atoms with Crippen LogP contribution in [-0.4, -0.2) is 40.9 Å². The Morgan fingerprint density at radius 3 is 2.46 bits per heavy atom. The van der Waals surface area contributed by atoms with E-state index in [0.717, 1.165) is 4.31 Å². The number of carbonyl (C=O) groups is 1. The molecule has 8 nitrogen and oxygen atoms in total. The van der Waals surface area contributed by atoms with E-state index in [1.165, 1.54) is 30.5 Å². The highest BCUT2D eigenvalue weighted by Crippen LogP contribution is 2.26. The number of benzene rings is 1. The number of aromatic nitrogens is 1. The summed E-state index contributed by atoms with van der Waals surface area (Å²) in [5.74, 6) is -0.803. The van der Waals surface area contributed by atoms with Crippen LogP contribution in [0, 0.1) is 5.92 Å². The van der Waals surface area contributed by atoms with Gasteiger partial charge in [-0.25, -0.2) is 13.9 Å². The number of nitrogens with zero attached hydrogens (tertiary/aromatic N) is 2. The van der Waals surface area contributed by atoms with Gasteiger partial charge >= 0.3 is 0 Å². The molecule has 2 rings (SSSR count). The maximum Gasteiger partial charge on any atom is 0.262 e. The lowest BCUT2D eigenvalue weighted by Crippen LogP contribution is -2.51. The molecule has 0 aliphatic carbocycles. The molecule has 0 radical (unpaired) electrons. The molecule has 1 heterocycles. The highest BCUT2D eigenvalue weighted by atomic mass is 35.5. The Labute approximate surface area is 169 Å². The molecule has 0 saturated carbocycles. The van der Waals surface area contributed by atoms with Crippen LogP contribution in [0.15, 0.2) is 53.7 Å². The Kier molecular flexibility index (Phi) is 7.76. The van der Waals surface area contributed by atoms with E-state index in [1.807, 2.05) is 0 Å². The van der Waals surface area contributed by atoms with E-state index >= 15 is 0 Å². The van der Waals surface area contributed by atoms with Crippen LogP contribution in [0.3, 0.4) is 0 Å². The quantitative estimate of drug-likeness (QED) is 0.361. The minimum absolute atomic E-state index is 0.0188. The zero-order valence-corrected chi connectivity index (χ0v) is 17.0. The van der Waals surface area contributed by atoms with E-state index < -0.39 is 27.9 Å². The van der Waals surface area contributed by atoms with Gasteiger partial charge in [-0.15, -0.1) is 0 Å². The van der Waals surface area contributed by atoms with Gasteiger partial charge in [-0.05, 0) is 41.8 Å². The molecule has 2 N–H and O–H groups in total. The summed E-state index contributed by atoms with van der Waals surface area (Å²) in [4.78, 5) is 16.3. The highest BCUT2D eigenvalue weighted by Gasteiger charge is 2.38. The number of amides is 1. The molecule has 2 aromatic rings. The van der Waals surface area contributed by atoms with Crippen LogP contribution in [-0.2, 0) is 21.4 Å². The first-order chi connectivity index (χ1) is 13.3. The van der Waals surface area contributed by atoms with Crippen molar-refractivity contribution < 1.29 is 23.2 Å². The van der Waals surface area contributed by atoms with Gasteiger partial charge in [0, 0.05) is 18.9 Å². The number of nitrogens with one attached hydrogen (secondary N) is 1. The third-order valence-electron chi connectivity index (χ3n) is 4.03. The smallest absolute Gasteiger partial charge is 0.262 e. The molecule has 0 unspecified atom stereocenters. The first-order valence-electron chi connectivity index (χ1n) is 8.44. The number of rotatable bonds is 9. The van der Waals surface area contributed by atoms with Gasteiger partial charge in [0.25, 0.3) is 5.91 Å². The molecular formula is C18H22ClN3O5S. The predicted molar refractivity (Wildman–Crippen MR) is 103 cm³/mol. The van der Waals surface area contributed by atoms with Crippen LogP contribution in [0.5, 0.6) is 5.75 Å². The average molecular weight is 428 g/mol. The Morgan fingerprint density at radius 1 is 1.29 bits per heavy atom. The molecule has 152 valence electrons. The molecule has 0 spiro atoms. The van der Waals surface area contributed by atoms with Gasteiger partial charge in [-0.1, -0.05) is 31.5 Å². The van der Waals surface area contributed by atoms with Crippen LogP contribution in [0.4, 0.5) is 0 Å². The number of sulfonamides is 1. The molecule has 1 aromatic heterocycles. The maximum atomic E-state index is 13.3. The molecule has 0 aliphatic heterocycles. The Hall–Kier alpha value is -2.20. The van der Waals surface area contributed by atoms with Crippen molar-refractivity contribution >= 4 is 27.5 Å². The molecule has 10 heteroatoms. The average Bonchev–Trinajstić information content (AvgIpc) is 2.68. The van der Waals surface area contributed by atoms with Crippen molar-refractivity contribution in [3.05, 3.63) is 54.4 Å². The molecule has 0 bridgehead atoms. The fourth-order valence-corrected chi connectivity index (χ4v) is 4.58. The second-order valence-electron chi connectivity index (χ2n) is 6.30. The minimum Gasteiger partial charge on any atom is -0.478 e. The van der Waals surface area contributed by atoms with Crippen LogP contribution in [0.1, 0.15) is 19.4 Å². The summed E-state index contributed by atoms with van der Waals surface area (Å²) in [7, 11) is -4.09. The second-order valence-corrected chi connectivity index (χ2v) is 8.41. The van der Waals surface area contributed by atoms with Gasteiger partial charge in [0.05, 0.1) is 4.90 Å². The molecule has 0 aliphatic rings. The summed E-state index contributed by atoms with van der Waals surface area (Å²) in [5, 5.41) is 9.14. The van der Waals surface area contributed by atoms with Gasteiger partial charge in [0.15, 0.2) is 6.07 Å². The summed E-state index contributed by atoms with van der Waals surface area (Å²) >= 11 is 5.51. The largest absolute Gasteiger partial charge is 0.478 e. The summed E-state index contributed by atoms with van der Waals surface area (Å²) in [6, 6.07) is 7.90. The van der Waals surface area contributed by atoms with Crippen molar-refractivity contribution in [1.29, 1.82) is 0 Å². The monoisotopic (exact) mass is 427 g/mol. The third-order valence-corrected chi connectivity index (χ3v) is 5.98. The van der Waals surface area contributed by atoms with Crippen molar-refractivity contribution in [1.82, 2.24) is 14.8 Å². The van der Waals surface area contributed by atoms with Crippen molar-refractivity contribution in [3.8, 4) is 5.75 Å². The van der Waals surface area contributed by atoms with E-state index in [9.17, 15) is 13.2 Å². The lowest BCUT2D eigenvalue weighted by Gasteiger charge is -2.32. The highest BCUT2D eigenvalue weighted by molar-refractivity contribution is 7.89. The molecule has 28 heavy (non-hydrogen) atoms. The zero-order chi connectivity index (χ0) is 20.7. The van der Waals surface area contributed by atoms with Gasteiger partial charge < -0.3 is 4.74 Å². The standard InChI is InChI=1S/C18H22ClN3O5S/c1-13(2)17(18(23)21-24)22(11-14-4-3-9-20-10-14)28(25,26)16-7-5-15(6-8-16)27-12-19/h3-10,13,17,24H,11-12H2,1-2H3,(H,21,23)/t17-/m1/s1. The van der Waals surface area contributed by atoms with E-state index in [4.69, 9.17) is 21.5 Å². The number of halogens is 1. The Morgan fingerprint density at radius 2 is 1.96 bits per heavy atom. The Bertz CT molecular complexity index is 876. The zero-order valence-electron chi connectivity index (χ0n) is 15.4. The molecule has 1 amide bonds. The van der Waals surface area contributed by atoms with Crippen LogP contribution < -0.4 is 10.2 Å². The minimum atomic E-state index is -4.09. The number of alkyl halides is 1. The predicted octanol–water partition coefficient (Wildman–Crippen LogP) is 2.38. The number of carbonyl (C=O) groups excluding carboxylic acids is 1. The van der Waals surface area contributed by atoms with Gasteiger partial charge in [0.1, 0.15) is 11.8 Å². The SMILES string of the molecule is CC(C)[C@H](C(=O)NO)N(Cc1cccnc1)S(=O)(=O)c1ccc(OCCl)cc1. The van der Waals surface area contributed by atoms with E-state index in [0.29, 0.717) is 11.3 Å². The summed E-state index contributed by atoms with van der Waals surface area (Å²) < 4.78 is 32.9. The molecule has 1 aromatic carbocycles. The number of ether oxygens (including phenoxy) is 1. The van der Waals surface area contributed by atoms with Gasteiger partial charge in [-0.3, -0.25) is 15.0 Å². The van der Waals surface area contributed by atoms with Gasteiger partial charge in [0.2, 0.25) is 10.0 Å². The van der Waals surface area contributed by atoms with Gasteiger partial charge in [-0.2, -0.15) is 4.31 Å². The molecular weight excluding hydrogens is 406 g/mol. The van der Waals surface area contributed by atoms with Crippen LogP contribution >= 0.6 is 11.6 Å². The lowest BCUT2D eigenvalue weighted by molar-refractivity contribution is -0.134. The lowest BCUT2D eigenvalue weighted by atomic mass is 10.0. The van der Waals surface area contributed by atoms with Crippen molar-refractivity contribution in [2.45, 2.75) is 31.3 Å². The summed E-state index contributed by atoms with van der Waals surface area (Å²) in [6.07, 6.45) is 3.09. The van der Waals surface area contributed by atoms with Crippen LogP contribution in [0.2, 0.25) is 0 Å². The molecule has 0 saturated heterocycles.